The number of aromatic nitrogens is 1. The Hall–Kier alpha value is -2.99. The first-order valence-electron chi connectivity index (χ1n) is 8.44. The van der Waals surface area contributed by atoms with Crippen LogP contribution in [0.5, 0.6) is 5.75 Å². The number of rotatable bonds is 7. The molecule has 1 N–H and O–H groups in total. The largest absolute Gasteiger partial charge is 0.497 e. The van der Waals surface area contributed by atoms with Gasteiger partial charge < -0.3 is 10.1 Å². The lowest BCUT2D eigenvalue weighted by atomic mass is 10.2. The highest BCUT2D eigenvalue weighted by atomic mass is 32.1. The van der Waals surface area contributed by atoms with Gasteiger partial charge in [0.05, 0.1) is 17.8 Å². The Morgan fingerprint density at radius 3 is 2.63 bits per heavy atom. The SMILES string of the molecule is COc1ccc(-c2csc(CCNC(=O)/C=C/c3ccc(F)cc3)n2)cc1. The molecular formula is C21H19FN2O2S. The minimum absolute atomic E-state index is 0.189. The molecule has 4 nitrogen and oxygen atoms in total. The molecule has 27 heavy (non-hydrogen) atoms. The van der Waals surface area contributed by atoms with Gasteiger partial charge in [-0.1, -0.05) is 12.1 Å². The number of nitrogens with zero attached hydrogens (tertiary/aromatic N) is 1. The second-order valence-electron chi connectivity index (χ2n) is 5.78. The molecule has 0 saturated heterocycles. The summed E-state index contributed by atoms with van der Waals surface area (Å²) >= 11 is 1.57. The van der Waals surface area contributed by atoms with Crippen molar-refractivity contribution in [3.05, 3.63) is 76.4 Å². The number of carbonyl (C=O) groups is 1. The van der Waals surface area contributed by atoms with Crippen molar-refractivity contribution in [3.63, 3.8) is 0 Å². The molecule has 1 aromatic heterocycles. The number of methoxy groups -OCH3 is 1. The van der Waals surface area contributed by atoms with Crippen molar-refractivity contribution in [1.82, 2.24) is 10.3 Å². The van der Waals surface area contributed by atoms with Gasteiger partial charge in [-0.15, -0.1) is 11.3 Å². The average Bonchev–Trinajstić information content (AvgIpc) is 3.16. The lowest BCUT2D eigenvalue weighted by Crippen LogP contribution is -2.23. The zero-order valence-corrected chi connectivity index (χ0v) is 15.6. The summed E-state index contributed by atoms with van der Waals surface area (Å²) in [5.41, 5.74) is 2.72. The first-order valence-corrected chi connectivity index (χ1v) is 9.32. The van der Waals surface area contributed by atoms with Gasteiger partial charge in [0, 0.05) is 30.0 Å². The number of carbonyl (C=O) groups excluding carboxylic acids is 1. The van der Waals surface area contributed by atoms with Crippen molar-refractivity contribution >= 4 is 23.3 Å². The van der Waals surface area contributed by atoms with E-state index in [1.165, 1.54) is 18.2 Å². The number of nitrogens with one attached hydrogen (secondary N) is 1. The van der Waals surface area contributed by atoms with Gasteiger partial charge in [0.15, 0.2) is 0 Å². The molecule has 0 bridgehead atoms. The number of ether oxygens (including phenoxy) is 1. The molecule has 0 atom stereocenters. The summed E-state index contributed by atoms with van der Waals surface area (Å²) in [5, 5.41) is 5.80. The van der Waals surface area contributed by atoms with Gasteiger partial charge in [0.2, 0.25) is 5.91 Å². The summed E-state index contributed by atoms with van der Waals surface area (Å²) in [4.78, 5) is 16.5. The molecule has 0 unspecified atom stereocenters. The van der Waals surface area contributed by atoms with Crippen LogP contribution in [0, 0.1) is 5.82 Å². The molecule has 0 aliphatic carbocycles. The van der Waals surface area contributed by atoms with Crippen LogP contribution < -0.4 is 10.1 Å². The maximum Gasteiger partial charge on any atom is 0.244 e. The number of hydrogen-bond acceptors (Lipinski definition) is 4. The van der Waals surface area contributed by atoms with Crippen LogP contribution in [0.4, 0.5) is 4.39 Å². The zero-order valence-electron chi connectivity index (χ0n) is 14.8. The second-order valence-corrected chi connectivity index (χ2v) is 6.72. The maximum atomic E-state index is 12.8. The lowest BCUT2D eigenvalue weighted by molar-refractivity contribution is -0.116. The third-order valence-electron chi connectivity index (χ3n) is 3.87. The molecule has 0 aliphatic heterocycles. The van der Waals surface area contributed by atoms with Crippen LogP contribution in [0.25, 0.3) is 17.3 Å². The summed E-state index contributed by atoms with van der Waals surface area (Å²) in [5.74, 6) is 0.325. The normalized spacial score (nSPS) is 10.9. The van der Waals surface area contributed by atoms with Crippen LogP contribution in [0.2, 0.25) is 0 Å². The standard InChI is InChI=1S/C21H19FN2O2S/c1-26-18-9-5-16(6-10-18)19-14-27-21(24-19)12-13-23-20(25)11-4-15-2-7-17(22)8-3-15/h2-11,14H,12-13H2,1H3,(H,23,25)/b11-4+. The molecule has 0 saturated carbocycles. The van der Waals surface area contributed by atoms with Crippen LogP contribution in [0.3, 0.4) is 0 Å². The zero-order chi connectivity index (χ0) is 19.1. The molecule has 0 aliphatic rings. The van der Waals surface area contributed by atoms with E-state index in [2.05, 4.69) is 10.3 Å². The molecule has 0 spiro atoms. The average molecular weight is 382 g/mol. The third-order valence-corrected chi connectivity index (χ3v) is 4.78. The van der Waals surface area contributed by atoms with Gasteiger partial charge in [-0.25, -0.2) is 9.37 Å². The summed E-state index contributed by atoms with van der Waals surface area (Å²) in [7, 11) is 1.64. The Kier molecular flexibility index (Phi) is 6.33. The number of hydrogen-bond donors (Lipinski definition) is 1. The number of halogens is 1. The molecular weight excluding hydrogens is 363 g/mol. The molecule has 3 rings (SSSR count). The third kappa shape index (κ3) is 5.49. The van der Waals surface area contributed by atoms with E-state index in [1.807, 2.05) is 29.6 Å². The van der Waals surface area contributed by atoms with Gasteiger partial charge in [0.1, 0.15) is 11.6 Å². The highest BCUT2D eigenvalue weighted by molar-refractivity contribution is 7.09. The van der Waals surface area contributed by atoms with Gasteiger partial charge in [-0.05, 0) is 48.0 Å². The van der Waals surface area contributed by atoms with E-state index in [4.69, 9.17) is 4.74 Å². The van der Waals surface area contributed by atoms with Crippen LogP contribution in [0.15, 0.2) is 60.0 Å². The topological polar surface area (TPSA) is 51.2 Å². The van der Waals surface area contributed by atoms with Crippen LogP contribution in [-0.4, -0.2) is 24.5 Å². The Morgan fingerprint density at radius 2 is 1.93 bits per heavy atom. The minimum atomic E-state index is -0.297. The number of amides is 1. The smallest absolute Gasteiger partial charge is 0.244 e. The van der Waals surface area contributed by atoms with Crippen LogP contribution in [0.1, 0.15) is 10.6 Å². The van der Waals surface area contributed by atoms with Gasteiger partial charge >= 0.3 is 0 Å². The van der Waals surface area contributed by atoms with E-state index in [0.717, 1.165) is 27.6 Å². The van der Waals surface area contributed by atoms with E-state index >= 15 is 0 Å². The van der Waals surface area contributed by atoms with Crippen molar-refractivity contribution in [1.29, 1.82) is 0 Å². The maximum absolute atomic E-state index is 12.8. The fraction of sp³-hybridized carbons (Fsp3) is 0.143. The van der Waals surface area contributed by atoms with Crippen molar-refractivity contribution in [2.75, 3.05) is 13.7 Å². The highest BCUT2D eigenvalue weighted by Crippen LogP contribution is 2.24. The van der Waals surface area contributed by atoms with Crippen molar-refractivity contribution in [3.8, 4) is 17.0 Å². The van der Waals surface area contributed by atoms with Gasteiger partial charge in [-0.3, -0.25) is 4.79 Å². The Labute approximate surface area is 161 Å². The quantitative estimate of drug-likeness (QED) is 0.619. The summed E-state index contributed by atoms with van der Waals surface area (Å²) in [6.45, 7) is 0.502. The molecule has 0 radical (unpaired) electrons. The van der Waals surface area contributed by atoms with E-state index in [0.29, 0.717) is 13.0 Å². The molecule has 2 aromatic carbocycles. The lowest BCUT2D eigenvalue weighted by Gasteiger charge is -2.01. The second kappa shape index (κ2) is 9.09. The fourth-order valence-corrected chi connectivity index (χ4v) is 3.22. The van der Waals surface area contributed by atoms with E-state index in [-0.39, 0.29) is 11.7 Å². The highest BCUT2D eigenvalue weighted by Gasteiger charge is 2.05. The van der Waals surface area contributed by atoms with Crippen LogP contribution >= 0.6 is 11.3 Å². The van der Waals surface area contributed by atoms with Crippen molar-refractivity contribution < 1.29 is 13.9 Å². The molecule has 6 heteroatoms. The Morgan fingerprint density at radius 1 is 1.19 bits per heavy atom. The Balaban J connectivity index is 1.48. The first-order chi connectivity index (χ1) is 13.1. The predicted octanol–water partition coefficient (Wildman–Crippen LogP) is 4.33. The van der Waals surface area contributed by atoms with Gasteiger partial charge in [-0.2, -0.15) is 0 Å². The summed E-state index contributed by atoms with van der Waals surface area (Å²) in [6, 6.07) is 13.7. The molecule has 3 aromatic rings. The van der Waals surface area contributed by atoms with Gasteiger partial charge in [0.25, 0.3) is 0 Å². The van der Waals surface area contributed by atoms with Crippen molar-refractivity contribution in [2.24, 2.45) is 0 Å². The molecule has 0 fully saturated rings. The summed E-state index contributed by atoms with van der Waals surface area (Å²) < 4.78 is 18.0. The number of thiazole rings is 1. The van der Waals surface area contributed by atoms with E-state index < -0.39 is 0 Å². The van der Waals surface area contributed by atoms with E-state index in [1.54, 1.807) is 36.7 Å². The van der Waals surface area contributed by atoms with Crippen molar-refractivity contribution in [2.45, 2.75) is 6.42 Å². The minimum Gasteiger partial charge on any atom is -0.497 e. The Bertz CT molecular complexity index is 918. The van der Waals surface area contributed by atoms with E-state index in [9.17, 15) is 9.18 Å². The van der Waals surface area contributed by atoms with Crippen LogP contribution in [-0.2, 0) is 11.2 Å². The predicted molar refractivity (Wildman–Crippen MR) is 106 cm³/mol. The molecule has 138 valence electrons. The first kappa shape index (κ1) is 18.8. The fourth-order valence-electron chi connectivity index (χ4n) is 2.42. The summed E-state index contributed by atoms with van der Waals surface area (Å²) in [6.07, 6.45) is 3.76. The number of benzene rings is 2. The molecule has 1 amide bonds. The molecule has 1 heterocycles. The monoisotopic (exact) mass is 382 g/mol.